The number of aliphatic hydroxyl groups excluding tert-OH is 2. The monoisotopic (exact) mass is 986 g/mol. The van der Waals surface area contributed by atoms with Crippen molar-refractivity contribution >= 4 is 11.9 Å². The third-order valence-electron chi connectivity index (χ3n) is 14.7. The summed E-state index contributed by atoms with van der Waals surface area (Å²) in [6, 6.07) is -0.629. The number of nitrogens with one attached hydrogen (secondary N) is 1. The van der Waals surface area contributed by atoms with E-state index in [-0.39, 0.29) is 18.5 Å². The van der Waals surface area contributed by atoms with E-state index in [1.165, 1.54) is 276 Å². The molecular formula is C64H123NO5. The van der Waals surface area contributed by atoms with Crippen LogP contribution in [0.25, 0.3) is 0 Å². The Hall–Kier alpha value is -1.66. The number of allylic oxidation sites excluding steroid dienone is 3. The lowest BCUT2D eigenvalue weighted by Gasteiger charge is -2.20. The van der Waals surface area contributed by atoms with Crippen LogP contribution in [0.2, 0.25) is 0 Å². The number of carbonyl (C=O) groups is 2. The molecule has 0 aromatic carbocycles. The van der Waals surface area contributed by atoms with Crippen molar-refractivity contribution in [1.29, 1.82) is 0 Å². The summed E-state index contributed by atoms with van der Waals surface area (Å²) in [7, 11) is 0. The van der Waals surface area contributed by atoms with Crippen molar-refractivity contribution in [2.45, 2.75) is 360 Å². The average Bonchev–Trinajstić information content (AvgIpc) is 3.36. The Bertz CT molecular complexity index is 1090. The SMILES string of the molecule is CCCCCCCCC/C=C\CCCCCCCC(=O)OCCCCCCCCCCCCCCCCCCCCCCC(=O)NC(CO)C(O)/C=C/CCCCCCCCCCCCCCCCC. The van der Waals surface area contributed by atoms with Gasteiger partial charge >= 0.3 is 5.97 Å². The van der Waals surface area contributed by atoms with E-state index < -0.39 is 12.1 Å². The van der Waals surface area contributed by atoms with Crippen LogP contribution in [0.5, 0.6) is 0 Å². The van der Waals surface area contributed by atoms with E-state index in [4.69, 9.17) is 4.74 Å². The predicted molar refractivity (Wildman–Crippen MR) is 306 cm³/mol. The molecule has 0 fully saturated rings. The number of hydrogen-bond donors (Lipinski definition) is 3. The molecular weight excluding hydrogens is 863 g/mol. The van der Waals surface area contributed by atoms with Crippen molar-refractivity contribution in [1.82, 2.24) is 5.32 Å². The van der Waals surface area contributed by atoms with Crippen LogP contribution in [-0.4, -0.2) is 47.4 Å². The zero-order valence-corrected chi connectivity index (χ0v) is 47.3. The maximum atomic E-state index is 12.5. The Balaban J connectivity index is 3.41. The van der Waals surface area contributed by atoms with Gasteiger partial charge in [-0.15, -0.1) is 0 Å². The predicted octanol–water partition coefficient (Wildman–Crippen LogP) is 19.8. The fourth-order valence-corrected chi connectivity index (χ4v) is 9.87. The van der Waals surface area contributed by atoms with Crippen LogP contribution in [0.3, 0.4) is 0 Å². The first-order chi connectivity index (χ1) is 34.5. The minimum absolute atomic E-state index is 0.00304. The summed E-state index contributed by atoms with van der Waals surface area (Å²) in [5.74, 6) is -0.0645. The zero-order valence-electron chi connectivity index (χ0n) is 47.3. The first-order valence-electron chi connectivity index (χ1n) is 31.6. The van der Waals surface area contributed by atoms with Gasteiger partial charge in [0.2, 0.25) is 5.91 Å². The van der Waals surface area contributed by atoms with Crippen LogP contribution >= 0.6 is 0 Å². The van der Waals surface area contributed by atoms with Gasteiger partial charge in [0, 0.05) is 12.8 Å². The molecule has 0 aliphatic carbocycles. The molecule has 0 saturated heterocycles. The second kappa shape index (κ2) is 59.9. The quantitative estimate of drug-likeness (QED) is 0.0321. The van der Waals surface area contributed by atoms with Gasteiger partial charge in [-0.1, -0.05) is 301 Å². The standard InChI is InChI=1S/C64H123NO5/c1-3-5-7-9-11-13-15-17-19-25-28-32-36-40-44-48-52-56-62(67)61(60-66)65-63(68)57-53-49-45-41-37-33-29-26-23-21-22-24-27-31-35-39-43-47-51-55-59-70-64(69)58-54-50-46-42-38-34-30-20-18-16-14-12-10-8-6-4-2/h20,30,52,56,61-62,66-67H,3-19,21-29,31-51,53-55,57-60H2,1-2H3,(H,65,68)/b30-20-,56-52+. The Labute approximate surface area is 437 Å². The number of ether oxygens (including phenoxy) is 1. The molecule has 0 rings (SSSR count). The number of esters is 1. The summed E-state index contributed by atoms with van der Waals surface area (Å²) in [4.78, 5) is 24.6. The van der Waals surface area contributed by atoms with Crippen LogP contribution in [0.4, 0.5) is 0 Å². The summed E-state index contributed by atoms with van der Waals surface area (Å²) in [6.45, 7) is 4.92. The van der Waals surface area contributed by atoms with E-state index in [1.807, 2.05) is 6.08 Å². The van der Waals surface area contributed by atoms with E-state index in [2.05, 4.69) is 31.3 Å². The fourth-order valence-electron chi connectivity index (χ4n) is 9.87. The smallest absolute Gasteiger partial charge is 0.305 e. The van der Waals surface area contributed by atoms with E-state index in [9.17, 15) is 19.8 Å². The maximum absolute atomic E-state index is 12.5. The number of carbonyl (C=O) groups excluding carboxylic acids is 2. The topological polar surface area (TPSA) is 95.9 Å². The molecule has 0 aliphatic rings. The normalized spacial score (nSPS) is 12.7. The van der Waals surface area contributed by atoms with E-state index >= 15 is 0 Å². The zero-order chi connectivity index (χ0) is 50.7. The van der Waals surface area contributed by atoms with Gasteiger partial charge in [0.25, 0.3) is 0 Å². The maximum Gasteiger partial charge on any atom is 0.305 e. The van der Waals surface area contributed by atoms with Crippen LogP contribution in [0.1, 0.15) is 348 Å². The summed E-state index contributed by atoms with van der Waals surface area (Å²) in [5.41, 5.74) is 0. The molecule has 6 heteroatoms. The number of hydrogen-bond acceptors (Lipinski definition) is 5. The molecule has 0 aromatic heterocycles. The summed E-state index contributed by atoms with van der Waals surface area (Å²) >= 11 is 0. The summed E-state index contributed by atoms with van der Waals surface area (Å²) in [6.07, 6.45) is 73.6. The third kappa shape index (κ3) is 55.7. The van der Waals surface area contributed by atoms with Crippen LogP contribution in [-0.2, 0) is 14.3 Å². The van der Waals surface area contributed by atoms with Crippen molar-refractivity contribution in [2.24, 2.45) is 0 Å². The molecule has 0 aliphatic heterocycles. The molecule has 6 nitrogen and oxygen atoms in total. The molecule has 0 spiro atoms. The molecule has 2 unspecified atom stereocenters. The first-order valence-corrected chi connectivity index (χ1v) is 31.6. The van der Waals surface area contributed by atoms with E-state index in [1.54, 1.807) is 6.08 Å². The lowest BCUT2D eigenvalue weighted by molar-refractivity contribution is -0.143. The number of rotatable bonds is 59. The molecule has 0 saturated carbocycles. The largest absolute Gasteiger partial charge is 0.466 e. The van der Waals surface area contributed by atoms with E-state index in [0.29, 0.717) is 19.4 Å². The van der Waals surface area contributed by atoms with Crippen molar-refractivity contribution in [2.75, 3.05) is 13.2 Å². The fraction of sp³-hybridized carbons (Fsp3) is 0.906. The highest BCUT2D eigenvalue weighted by Crippen LogP contribution is 2.18. The Kier molecular flexibility index (Phi) is 58.5. The Morgan fingerprint density at radius 1 is 0.386 bits per heavy atom. The van der Waals surface area contributed by atoms with Gasteiger partial charge in [-0.25, -0.2) is 0 Å². The van der Waals surface area contributed by atoms with Gasteiger partial charge in [0.05, 0.1) is 25.4 Å². The van der Waals surface area contributed by atoms with Gasteiger partial charge in [0.15, 0.2) is 0 Å². The van der Waals surface area contributed by atoms with Crippen LogP contribution in [0, 0.1) is 0 Å². The first kappa shape index (κ1) is 68.3. The molecule has 1 amide bonds. The number of amides is 1. The van der Waals surface area contributed by atoms with E-state index in [0.717, 1.165) is 44.9 Å². The molecule has 0 aromatic rings. The lowest BCUT2D eigenvalue weighted by atomic mass is 10.0. The molecule has 0 heterocycles. The molecule has 3 N–H and O–H groups in total. The molecule has 0 bridgehead atoms. The molecule has 0 radical (unpaired) electrons. The van der Waals surface area contributed by atoms with Crippen LogP contribution < -0.4 is 5.32 Å². The second-order valence-electron chi connectivity index (χ2n) is 21.7. The average molecular weight is 987 g/mol. The highest BCUT2D eigenvalue weighted by atomic mass is 16.5. The Morgan fingerprint density at radius 2 is 0.671 bits per heavy atom. The van der Waals surface area contributed by atoms with Crippen molar-refractivity contribution in [3.05, 3.63) is 24.3 Å². The minimum Gasteiger partial charge on any atom is -0.466 e. The van der Waals surface area contributed by atoms with Crippen molar-refractivity contribution < 1.29 is 24.5 Å². The van der Waals surface area contributed by atoms with Gasteiger partial charge < -0.3 is 20.3 Å². The van der Waals surface area contributed by atoms with Gasteiger partial charge in [0.1, 0.15) is 0 Å². The molecule has 414 valence electrons. The van der Waals surface area contributed by atoms with Crippen molar-refractivity contribution in [3.63, 3.8) is 0 Å². The van der Waals surface area contributed by atoms with Gasteiger partial charge in [-0.3, -0.25) is 9.59 Å². The van der Waals surface area contributed by atoms with Crippen molar-refractivity contribution in [3.8, 4) is 0 Å². The molecule has 2 atom stereocenters. The number of unbranched alkanes of at least 4 members (excludes halogenated alkanes) is 46. The lowest BCUT2D eigenvalue weighted by Crippen LogP contribution is -2.45. The molecule has 70 heavy (non-hydrogen) atoms. The highest BCUT2D eigenvalue weighted by molar-refractivity contribution is 5.76. The second-order valence-corrected chi connectivity index (χ2v) is 21.7. The number of aliphatic hydroxyl groups is 2. The Morgan fingerprint density at radius 3 is 1.01 bits per heavy atom. The third-order valence-corrected chi connectivity index (χ3v) is 14.7. The summed E-state index contributed by atoms with van der Waals surface area (Å²) < 4.78 is 5.49. The highest BCUT2D eigenvalue weighted by Gasteiger charge is 2.18. The summed E-state index contributed by atoms with van der Waals surface area (Å²) in [5, 5.41) is 23.2. The van der Waals surface area contributed by atoms with Gasteiger partial charge in [-0.2, -0.15) is 0 Å². The van der Waals surface area contributed by atoms with Gasteiger partial charge in [-0.05, 0) is 57.8 Å². The minimum atomic E-state index is -0.846. The van der Waals surface area contributed by atoms with Crippen LogP contribution in [0.15, 0.2) is 24.3 Å².